The van der Waals surface area contributed by atoms with Crippen molar-refractivity contribution in [1.82, 2.24) is 5.32 Å². The Hall–Kier alpha value is -0.680. The molecule has 0 aromatic heterocycles. The monoisotopic (exact) mass is 298 g/mol. The minimum atomic E-state index is -0.699. The fourth-order valence-electron chi connectivity index (χ4n) is 3.45. The summed E-state index contributed by atoms with van der Waals surface area (Å²) in [5.41, 5.74) is 5.49. The van der Waals surface area contributed by atoms with E-state index in [0.717, 1.165) is 12.8 Å². The van der Waals surface area contributed by atoms with Gasteiger partial charge in [-0.15, -0.1) is 0 Å². The lowest BCUT2D eigenvalue weighted by Gasteiger charge is -2.39. The van der Waals surface area contributed by atoms with Gasteiger partial charge in [0.25, 0.3) is 0 Å². The van der Waals surface area contributed by atoms with Crippen molar-refractivity contribution in [2.45, 2.75) is 58.4 Å². The van der Waals surface area contributed by atoms with Crippen molar-refractivity contribution >= 4 is 23.1 Å². The van der Waals surface area contributed by atoms with Crippen LogP contribution in [-0.2, 0) is 9.53 Å². The Bertz CT molecular complexity index is 389. The molecule has 4 nitrogen and oxygen atoms in total. The van der Waals surface area contributed by atoms with Gasteiger partial charge in [0.05, 0.1) is 4.99 Å². The molecule has 2 fully saturated rings. The molecule has 3 N–H and O–H groups in total. The lowest BCUT2D eigenvalue weighted by Crippen LogP contribution is -2.55. The standard InChI is InChI=1S/C15H26N2O2S/c1-14(2)5-3-4-11(10-14)17-13(18)15(12(16)20)6-8-19-9-7-15/h11H,3-10H2,1-2H3,(H2,16,20)(H,17,18). The number of rotatable bonds is 3. The average Bonchev–Trinajstić information content (AvgIpc) is 2.38. The van der Waals surface area contributed by atoms with E-state index in [4.69, 9.17) is 22.7 Å². The van der Waals surface area contributed by atoms with Crippen molar-refractivity contribution in [1.29, 1.82) is 0 Å². The smallest absolute Gasteiger partial charge is 0.233 e. The van der Waals surface area contributed by atoms with Crippen LogP contribution in [0.1, 0.15) is 52.4 Å². The third kappa shape index (κ3) is 3.31. The van der Waals surface area contributed by atoms with Crippen molar-refractivity contribution in [3.63, 3.8) is 0 Å². The quantitative estimate of drug-likeness (QED) is 0.784. The van der Waals surface area contributed by atoms with Gasteiger partial charge in [0.15, 0.2) is 0 Å². The molecular formula is C15H26N2O2S. The fourth-order valence-corrected chi connectivity index (χ4v) is 3.75. The first-order valence-electron chi connectivity index (χ1n) is 7.54. The fraction of sp³-hybridized carbons (Fsp3) is 0.867. The molecule has 1 saturated carbocycles. The molecule has 1 heterocycles. The first-order valence-corrected chi connectivity index (χ1v) is 7.95. The minimum absolute atomic E-state index is 0.0102. The molecule has 0 radical (unpaired) electrons. The van der Waals surface area contributed by atoms with E-state index in [2.05, 4.69) is 19.2 Å². The maximum absolute atomic E-state index is 12.7. The van der Waals surface area contributed by atoms with E-state index in [1.165, 1.54) is 12.8 Å². The Morgan fingerprint density at radius 2 is 1.95 bits per heavy atom. The molecule has 1 amide bonds. The topological polar surface area (TPSA) is 64.4 Å². The Morgan fingerprint density at radius 1 is 1.30 bits per heavy atom. The highest BCUT2D eigenvalue weighted by molar-refractivity contribution is 7.80. The van der Waals surface area contributed by atoms with E-state index in [0.29, 0.717) is 36.5 Å². The predicted molar refractivity (Wildman–Crippen MR) is 83.5 cm³/mol. The second-order valence-corrected chi connectivity index (χ2v) is 7.43. The van der Waals surface area contributed by atoms with Gasteiger partial charge in [-0.25, -0.2) is 0 Å². The van der Waals surface area contributed by atoms with Crippen molar-refractivity contribution in [3.8, 4) is 0 Å². The van der Waals surface area contributed by atoms with E-state index >= 15 is 0 Å². The van der Waals surface area contributed by atoms with Gasteiger partial charge >= 0.3 is 0 Å². The third-order valence-electron chi connectivity index (χ3n) is 4.79. The molecular weight excluding hydrogens is 272 g/mol. The Labute approximate surface area is 126 Å². The number of nitrogens with one attached hydrogen (secondary N) is 1. The summed E-state index contributed by atoms with van der Waals surface area (Å²) in [5, 5.41) is 3.20. The van der Waals surface area contributed by atoms with Gasteiger partial charge in [0.1, 0.15) is 5.41 Å². The van der Waals surface area contributed by atoms with Crippen LogP contribution >= 0.6 is 12.2 Å². The van der Waals surface area contributed by atoms with Crippen LogP contribution in [0.15, 0.2) is 0 Å². The summed E-state index contributed by atoms with van der Waals surface area (Å²) in [6, 6.07) is 0.250. The summed E-state index contributed by atoms with van der Waals surface area (Å²) in [5.74, 6) is 0.0102. The molecule has 2 rings (SSSR count). The van der Waals surface area contributed by atoms with E-state index < -0.39 is 5.41 Å². The molecule has 2 aliphatic rings. The van der Waals surface area contributed by atoms with E-state index in [1.807, 2.05) is 0 Å². The molecule has 1 aliphatic carbocycles. The van der Waals surface area contributed by atoms with Gasteiger partial charge in [0.2, 0.25) is 5.91 Å². The maximum atomic E-state index is 12.7. The van der Waals surface area contributed by atoms with Crippen LogP contribution < -0.4 is 11.1 Å². The minimum Gasteiger partial charge on any atom is -0.392 e. The highest BCUT2D eigenvalue weighted by Gasteiger charge is 2.44. The molecule has 1 aliphatic heterocycles. The van der Waals surface area contributed by atoms with Gasteiger partial charge in [-0.2, -0.15) is 0 Å². The SMILES string of the molecule is CC1(C)CCCC(NC(=O)C2(C(N)=S)CCOCC2)C1. The van der Waals surface area contributed by atoms with E-state index in [9.17, 15) is 4.79 Å². The number of hydrogen-bond acceptors (Lipinski definition) is 3. The van der Waals surface area contributed by atoms with Gasteiger partial charge < -0.3 is 15.8 Å². The first kappa shape index (κ1) is 15.7. The van der Waals surface area contributed by atoms with Crippen LogP contribution in [0.3, 0.4) is 0 Å². The average molecular weight is 298 g/mol. The summed E-state index contributed by atoms with van der Waals surface area (Å²) < 4.78 is 5.35. The van der Waals surface area contributed by atoms with Crippen molar-refractivity contribution in [2.24, 2.45) is 16.6 Å². The van der Waals surface area contributed by atoms with Crippen molar-refractivity contribution < 1.29 is 9.53 Å². The number of amides is 1. The molecule has 114 valence electrons. The summed E-state index contributed by atoms with van der Waals surface area (Å²) in [6.07, 6.45) is 5.69. The summed E-state index contributed by atoms with van der Waals surface area (Å²) in [4.78, 5) is 13.0. The molecule has 5 heteroatoms. The van der Waals surface area contributed by atoms with Crippen LogP contribution in [0, 0.1) is 10.8 Å². The molecule has 0 aromatic carbocycles. The van der Waals surface area contributed by atoms with Crippen molar-refractivity contribution in [2.75, 3.05) is 13.2 Å². The predicted octanol–water partition coefficient (Wildman–Crippen LogP) is 2.15. The van der Waals surface area contributed by atoms with Gasteiger partial charge in [0, 0.05) is 19.3 Å². The number of carbonyl (C=O) groups excluding carboxylic acids is 1. The van der Waals surface area contributed by atoms with Crippen LogP contribution in [0.5, 0.6) is 0 Å². The van der Waals surface area contributed by atoms with E-state index in [1.54, 1.807) is 0 Å². The Kier molecular flexibility index (Phi) is 4.69. The molecule has 0 bridgehead atoms. The van der Waals surface area contributed by atoms with Gasteiger partial charge in [-0.1, -0.05) is 32.5 Å². The van der Waals surface area contributed by atoms with E-state index in [-0.39, 0.29) is 11.9 Å². The van der Waals surface area contributed by atoms with Crippen LogP contribution in [0.25, 0.3) is 0 Å². The largest absolute Gasteiger partial charge is 0.392 e. The zero-order valence-corrected chi connectivity index (χ0v) is 13.4. The number of hydrogen-bond donors (Lipinski definition) is 2. The van der Waals surface area contributed by atoms with Crippen LogP contribution in [-0.4, -0.2) is 30.2 Å². The summed E-state index contributed by atoms with van der Waals surface area (Å²) in [6.45, 7) is 5.65. The highest BCUT2D eigenvalue weighted by atomic mass is 32.1. The van der Waals surface area contributed by atoms with Crippen molar-refractivity contribution in [3.05, 3.63) is 0 Å². The zero-order chi connectivity index (χ0) is 14.8. The Balaban J connectivity index is 2.03. The number of carbonyl (C=O) groups is 1. The highest BCUT2D eigenvalue weighted by Crippen LogP contribution is 2.36. The number of thiocarbonyl (C=S) groups is 1. The zero-order valence-electron chi connectivity index (χ0n) is 12.5. The van der Waals surface area contributed by atoms with Gasteiger partial charge in [-0.05, 0) is 37.5 Å². The molecule has 1 unspecified atom stereocenters. The molecule has 0 aromatic rings. The molecule has 1 atom stereocenters. The van der Waals surface area contributed by atoms with Crippen LogP contribution in [0.4, 0.5) is 0 Å². The second kappa shape index (κ2) is 5.98. The molecule has 20 heavy (non-hydrogen) atoms. The summed E-state index contributed by atoms with van der Waals surface area (Å²) >= 11 is 5.18. The summed E-state index contributed by atoms with van der Waals surface area (Å²) in [7, 11) is 0. The number of ether oxygens (including phenoxy) is 1. The normalized spacial score (nSPS) is 28.6. The Morgan fingerprint density at radius 3 is 2.50 bits per heavy atom. The molecule has 0 spiro atoms. The lowest BCUT2D eigenvalue weighted by molar-refractivity contribution is -0.132. The van der Waals surface area contributed by atoms with Gasteiger partial charge in [-0.3, -0.25) is 4.79 Å². The maximum Gasteiger partial charge on any atom is 0.233 e. The van der Waals surface area contributed by atoms with Crippen LogP contribution in [0.2, 0.25) is 0 Å². The first-order chi connectivity index (χ1) is 9.36. The number of nitrogens with two attached hydrogens (primary N) is 1. The second-order valence-electron chi connectivity index (χ2n) is 6.99. The third-order valence-corrected chi connectivity index (χ3v) is 5.18. The molecule has 1 saturated heterocycles. The lowest BCUT2D eigenvalue weighted by atomic mass is 9.74.